The fourth-order valence-corrected chi connectivity index (χ4v) is 3.36. The van der Waals surface area contributed by atoms with Crippen LogP contribution in [-0.4, -0.2) is 42.6 Å². The Kier molecular flexibility index (Phi) is 5.01. The quantitative estimate of drug-likeness (QED) is 0.651. The van der Waals surface area contributed by atoms with E-state index >= 15 is 0 Å². The summed E-state index contributed by atoms with van der Waals surface area (Å²) in [6.07, 6.45) is 5.59. The second kappa shape index (κ2) is 7.75. The Morgan fingerprint density at radius 3 is 2.79 bits per heavy atom. The molecular weight excluding hydrogens is 356 g/mol. The third-order valence-corrected chi connectivity index (χ3v) is 4.89. The molecule has 1 aliphatic rings. The van der Waals surface area contributed by atoms with Crippen molar-refractivity contribution in [2.24, 2.45) is 5.92 Å². The van der Waals surface area contributed by atoms with Crippen LogP contribution in [0.3, 0.4) is 0 Å². The number of carbonyl (C=O) groups excluding carboxylic acids is 1. The minimum absolute atomic E-state index is 0.0882. The molecule has 1 atom stereocenters. The highest BCUT2D eigenvalue weighted by Crippen LogP contribution is 2.23. The smallest absolute Gasteiger partial charge is 0.227 e. The fourth-order valence-electron chi connectivity index (χ4n) is 3.36. The maximum atomic E-state index is 12.8. The molecule has 1 aromatic carbocycles. The molecule has 0 saturated carbocycles. The zero-order valence-corrected chi connectivity index (χ0v) is 15.9. The van der Waals surface area contributed by atoms with E-state index in [9.17, 15) is 4.79 Å². The summed E-state index contributed by atoms with van der Waals surface area (Å²) in [6.45, 7) is 3.50. The molecule has 0 unspecified atom stereocenters. The van der Waals surface area contributed by atoms with Crippen molar-refractivity contribution in [3.63, 3.8) is 0 Å². The lowest BCUT2D eigenvalue weighted by molar-refractivity contribution is -0.136. The molecule has 1 amide bonds. The van der Waals surface area contributed by atoms with Gasteiger partial charge >= 0.3 is 0 Å². The predicted molar refractivity (Wildman–Crippen MR) is 101 cm³/mol. The van der Waals surface area contributed by atoms with Crippen LogP contribution in [-0.2, 0) is 30.8 Å². The van der Waals surface area contributed by atoms with Crippen LogP contribution < -0.4 is 4.74 Å². The van der Waals surface area contributed by atoms with Gasteiger partial charge in [-0.05, 0) is 17.7 Å². The summed E-state index contributed by atoms with van der Waals surface area (Å²) in [6, 6.07) is 7.88. The minimum atomic E-state index is -0.178. The molecule has 8 nitrogen and oxygen atoms in total. The van der Waals surface area contributed by atoms with Gasteiger partial charge in [-0.2, -0.15) is 5.10 Å². The Morgan fingerprint density at radius 1 is 1.25 bits per heavy atom. The number of fused-ring (bicyclic) bond motifs is 1. The number of hydrogen-bond donors (Lipinski definition) is 0. The van der Waals surface area contributed by atoms with Gasteiger partial charge in [-0.25, -0.2) is 15.0 Å². The largest absolute Gasteiger partial charge is 0.497 e. The van der Waals surface area contributed by atoms with Crippen LogP contribution in [0.2, 0.25) is 0 Å². The third kappa shape index (κ3) is 3.85. The molecule has 0 N–H and O–H groups in total. The summed E-state index contributed by atoms with van der Waals surface area (Å²) in [5.41, 5.74) is 3.06. The lowest BCUT2D eigenvalue weighted by Gasteiger charge is -2.19. The average molecular weight is 378 g/mol. The predicted octanol–water partition coefficient (Wildman–Crippen LogP) is 1.85. The number of rotatable bonds is 6. The molecule has 8 heteroatoms. The van der Waals surface area contributed by atoms with Gasteiger partial charge in [0.1, 0.15) is 24.2 Å². The Hall–Kier alpha value is -3.29. The Labute approximate surface area is 163 Å². The molecule has 0 fully saturated rings. The van der Waals surface area contributed by atoms with Crippen molar-refractivity contribution in [3.8, 4) is 5.75 Å². The highest BCUT2D eigenvalue weighted by atomic mass is 16.5. The maximum absolute atomic E-state index is 12.8. The van der Waals surface area contributed by atoms with E-state index in [2.05, 4.69) is 15.1 Å². The van der Waals surface area contributed by atoms with E-state index < -0.39 is 0 Å². The molecule has 0 radical (unpaired) electrons. The second-order valence-electron chi connectivity index (χ2n) is 7.00. The Balaban J connectivity index is 1.41. The number of benzene rings is 1. The van der Waals surface area contributed by atoms with Gasteiger partial charge in [-0.15, -0.1) is 0 Å². The summed E-state index contributed by atoms with van der Waals surface area (Å²) >= 11 is 0. The van der Waals surface area contributed by atoms with Gasteiger partial charge < -0.3 is 9.64 Å². The molecule has 3 heterocycles. The number of methoxy groups -OCH3 is 1. The lowest BCUT2D eigenvalue weighted by atomic mass is 10.1. The fraction of sp³-hybridized carbons (Fsp3) is 0.350. The van der Waals surface area contributed by atoms with E-state index in [0.29, 0.717) is 26.1 Å². The number of ether oxygens (including phenoxy) is 1. The van der Waals surface area contributed by atoms with Crippen molar-refractivity contribution in [1.29, 1.82) is 0 Å². The first-order chi connectivity index (χ1) is 13.6. The molecule has 0 saturated heterocycles. The molecule has 28 heavy (non-hydrogen) atoms. The molecule has 4 rings (SSSR count). The van der Waals surface area contributed by atoms with E-state index in [1.165, 1.54) is 6.33 Å². The number of aromatic nitrogens is 5. The summed E-state index contributed by atoms with van der Waals surface area (Å²) < 4.78 is 6.87. The van der Waals surface area contributed by atoms with E-state index in [1.54, 1.807) is 18.1 Å². The van der Waals surface area contributed by atoms with Gasteiger partial charge in [-0.3, -0.25) is 9.48 Å². The molecular formula is C20H22N6O2. The number of amides is 1. The van der Waals surface area contributed by atoms with Crippen molar-refractivity contribution in [3.05, 3.63) is 65.8 Å². The van der Waals surface area contributed by atoms with Crippen LogP contribution in [0, 0.1) is 5.92 Å². The number of hydrogen-bond acceptors (Lipinski definition) is 6. The zero-order valence-electron chi connectivity index (χ0n) is 15.9. The zero-order chi connectivity index (χ0) is 19.5. The van der Waals surface area contributed by atoms with Crippen molar-refractivity contribution in [2.75, 3.05) is 7.11 Å². The Morgan fingerprint density at radius 2 is 2.07 bits per heavy atom. The van der Waals surface area contributed by atoms with Crippen molar-refractivity contribution < 1.29 is 9.53 Å². The number of carbonyl (C=O) groups is 1. The topological polar surface area (TPSA) is 86.0 Å². The lowest BCUT2D eigenvalue weighted by Crippen LogP contribution is -2.32. The van der Waals surface area contributed by atoms with E-state index in [4.69, 9.17) is 9.72 Å². The summed E-state index contributed by atoms with van der Waals surface area (Å²) in [7, 11) is 1.65. The van der Waals surface area contributed by atoms with Crippen molar-refractivity contribution in [2.45, 2.75) is 33.0 Å². The van der Waals surface area contributed by atoms with Gasteiger partial charge in [0, 0.05) is 24.7 Å². The molecule has 0 bridgehead atoms. The molecule has 1 aliphatic heterocycles. The first kappa shape index (κ1) is 18.1. The van der Waals surface area contributed by atoms with E-state index in [-0.39, 0.29) is 11.8 Å². The SMILES string of the molecule is COc1ccc(Cc2ncc3c(n2)CN(C(=O)[C@@H](C)Cn2cncn2)C3)cc1. The van der Waals surface area contributed by atoms with Crippen LogP contribution in [0.4, 0.5) is 0 Å². The van der Waals surface area contributed by atoms with E-state index in [1.807, 2.05) is 42.3 Å². The van der Waals surface area contributed by atoms with Crippen LogP contribution >= 0.6 is 0 Å². The first-order valence-electron chi connectivity index (χ1n) is 9.20. The highest BCUT2D eigenvalue weighted by molar-refractivity contribution is 5.79. The monoisotopic (exact) mass is 378 g/mol. The van der Waals surface area contributed by atoms with Gasteiger partial charge in [0.05, 0.1) is 31.8 Å². The second-order valence-corrected chi connectivity index (χ2v) is 7.00. The molecule has 0 aliphatic carbocycles. The molecule has 144 valence electrons. The van der Waals surface area contributed by atoms with Crippen LogP contribution in [0.25, 0.3) is 0 Å². The molecule has 3 aromatic rings. The van der Waals surface area contributed by atoms with Gasteiger partial charge in [-0.1, -0.05) is 19.1 Å². The first-order valence-corrected chi connectivity index (χ1v) is 9.20. The van der Waals surface area contributed by atoms with Crippen molar-refractivity contribution >= 4 is 5.91 Å². The van der Waals surface area contributed by atoms with Crippen LogP contribution in [0.15, 0.2) is 43.1 Å². The van der Waals surface area contributed by atoms with Gasteiger partial charge in [0.15, 0.2) is 0 Å². The maximum Gasteiger partial charge on any atom is 0.227 e. The third-order valence-electron chi connectivity index (χ3n) is 4.89. The summed E-state index contributed by atoms with van der Waals surface area (Å²) in [5, 5.41) is 4.07. The van der Waals surface area contributed by atoms with Crippen LogP contribution in [0.1, 0.15) is 29.6 Å². The Bertz CT molecular complexity index is 955. The normalized spacial score (nSPS) is 14.0. The molecule has 0 spiro atoms. The average Bonchev–Trinajstić information content (AvgIpc) is 3.37. The van der Waals surface area contributed by atoms with Gasteiger partial charge in [0.2, 0.25) is 5.91 Å². The molecule has 2 aromatic heterocycles. The van der Waals surface area contributed by atoms with Crippen molar-refractivity contribution in [1.82, 2.24) is 29.6 Å². The standard InChI is InChI=1S/C20H22N6O2/c1-14(9-26-13-21-12-23-26)20(27)25-10-16-8-22-19(24-18(16)11-25)7-15-3-5-17(28-2)6-4-15/h3-6,8,12-14H,7,9-11H2,1-2H3/t14-/m0/s1. The van der Waals surface area contributed by atoms with Crippen LogP contribution in [0.5, 0.6) is 5.75 Å². The summed E-state index contributed by atoms with van der Waals surface area (Å²) in [4.78, 5) is 27.7. The minimum Gasteiger partial charge on any atom is -0.497 e. The number of nitrogens with zero attached hydrogens (tertiary/aromatic N) is 6. The highest BCUT2D eigenvalue weighted by Gasteiger charge is 2.28. The van der Waals surface area contributed by atoms with E-state index in [0.717, 1.165) is 28.4 Å². The van der Waals surface area contributed by atoms with Gasteiger partial charge in [0.25, 0.3) is 0 Å². The summed E-state index contributed by atoms with van der Waals surface area (Å²) in [5.74, 6) is 1.50.